The van der Waals surface area contributed by atoms with Crippen molar-refractivity contribution in [1.82, 2.24) is 9.56 Å². The molecule has 0 saturated carbocycles. The summed E-state index contributed by atoms with van der Waals surface area (Å²) < 4.78 is 68.3. The zero-order valence-electron chi connectivity index (χ0n) is 19.1. The fourth-order valence-electron chi connectivity index (χ4n) is 1.83. The van der Waals surface area contributed by atoms with Crippen molar-refractivity contribution in [3.8, 4) is 10.6 Å². The van der Waals surface area contributed by atoms with Gasteiger partial charge in [0.25, 0.3) is 0 Å². The molecule has 1 aliphatic heterocycles. The van der Waals surface area contributed by atoms with Gasteiger partial charge in [0.05, 0.1) is 29.0 Å². The molecule has 3 nitrogen and oxygen atoms in total. The van der Waals surface area contributed by atoms with Crippen LogP contribution in [0.5, 0.6) is 0 Å². The molecule has 3 rings (SSSR count). The van der Waals surface area contributed by atoms with Gasteiger partial charge < -0.3 is 22.3 Å². The van der Waals surface area contributed by atoms with Gasteiger partial charge >= 0.3 is 0 Å². The predicted molar refractivity (Wildman–Crippen MR) is 82.9 cm³/mol. The van der Waals surface area contributed by atoms with E-state index in [2.05, 4.69) is 10.3 Å². The Balaban J connectivity index is 0.00000300. The molecule has 0 atom stereocenters. The molecule has 1 aliphatic carbocycles. The first-order valence-electron chi connectivity index (χ1n) is 10.0. The third-order valence-corrected chi connectivity index (χ3v) is 3.86. The molecule has 0 amide bonds. The average Bonchev–Trinajstić information content (AvgIpc) is 2.48. The first-order chi connectivity index (χ1) is 12.7. The number of fused-ring (bicyclic) bond motifs is 2. The van der Waals surface area contributed by atoms with Crippen LogP contribution in [-0.4, -0.2) is 25.9 Å². The second kappa shape index (κ2) is 5.89. The molecule has 2 aliphatic rings. The fourth-order valence-corrected chi connectivity index (χ4v) is 2.87. The highest BCUT2D eigenvalue weighted by Gasteiger charge is 2.08. The molecule has 0 unspecified atom stereocenters. The number of benzene rings is 2. The van der Waals surface area contributed by atoms with E-state index < -0.39 is 20.9 Å². The largest absolute Gasteiger partial charge is 1.00 e. The van der Waals surface area contributed by atoms with Gasteiger partial charge in [-0.05, 0) is 24.3 Å². The van der Waals surface area contributed by atoms with Gasteiger partial charge in [0, 0.05) is 28.9 Å². The van der Waals surface area contributed by atoms with Gasteiger partial charge in [-0.25, -0.2) is 9.56 Å². The van der Waals surface area contributed by atoms with Crippen LogP contribution in [0.15, 0.2) is 36.4 Å². The molecule has 0 radical (unpaired) electrons. The monoisotopic (exact) mass is 358 g/mol. The number of nitrogens with one attached hydrogen (secondary N) is 1. The lowest BCUT2D eigenvalue weighted by Gasteiger charge is -2.07. The molecule has 1 heterocycles. The topological polar surface area (TPSA) is 27.9 Å². The van der Waals surface area contributed by atoms with E-state index in [1.165, 1.54) is 23.5 Å². The van der Waals surface area contributed by atoms with Crippen molar-refractivity contribution >= 4 is 27.2 Å². The molecule has 0 bridgehead atoms. The number of hydrogen-bond acceptors (Lipinski definition) is 3. The number of aromatic nitrogens is 1. The van der Waals surface area contributed by atoms with Gasteiger partial charge in [-0.3, -0.25) is 0 Å². The van der Waals surface area contributed by atoms with Crippen molar-refractivity contribution in [2.45, 2.75) is 0 Å². The lowest BCUT2D eigenvalue weighted by molar-refractivity contribution is -0.00000383. The van der Waals surface area contributed by atoms with Crippen molar-refractivity contribution in [3.63, 3.8) is 0 Å². The normalized spacial score (nSPS) is 18.9. The van der Waals surface area contributed by atoms with Gasteiger partial charge in [-0.2, -0.15) is 0 Å². The van der Waals surface area contributed by atoms with Crippen LogP contribution in [0.3, 0.4) is 0 Å². The van der Waals surface area contributed by atoms with Gasteiger partial charge in [0.2, 0.25) is 5.36 Å². The number of rotatable bonds is 1. The first-order valence-corrected chi connectivity index (χ1v) is 6.32. The molecular weight excluding hydrogens is 334 g/mol. The van der Waals surface area contributed by atoms with Crippen LogP contribution in [0.2, 0.25) is 0 Å². The highest BCUT2D eigenvalue weighted by Crippen LogP contribution is 2.30. The van der Waals surface area contributed by atoms with Crippen LogP contribution in [0.1, 0.15) is 12.3 Å². The lowest BCUT2D eigenvalue weighted by atomic mass is 10.2. The molecule has 20 heavy (non-hydrogen) atoms. The number of halogens is 1. The Morgan fingerprint density at radius 2 is 2.10 bits per heavy atom. The highest BCUT2D eigenvalue weighted by atomic mass is 79.9. The second-order valence-corrected chi connectivity index (χ2v) is 5.09. The van der Waals surface area contributed by atoms with E-state index in [1.54, 1.807) is 24.3 Å². The average molecular weight is 359 g/mol. The summed E-state index contributed by atoms with van der Waals surface area (Å²) in [5.41, 5.74) is 1.62. The van der Waals surface area contributed by atoms with Crippen LogP contribution in [0, 0.1) is 0 Å². The molecule has 0 aromatic heterocycles. The van der Waals surface area contributed by atoms with Crippen molar-refractivity contribution in [2.24, 2.45) is 0 Å². The Labute approximate surface area is 145 Å². The summed E-state index contributed by atoms with van der Waals surface area (Å²) in [4.78, 5) is 5.06. The Bertz CT molecular complexity index is 1050. The van der Waals surface area contributed by atoms with Crippen molar-refractivity contribution in [1.29, 1.82) is 0 Å². The molecule has 104 valence electrons. The standard InChI is InChI=1S/C15H15N3S.BrH/c1-16-10-4-6-12-14(8-10)19-15-9-11(18(2)3)5-7-13(15)17-12;/h4-9H,1-3H3;1H/i1D3,2D3,3D3;. The van der Waals surface area contributed by atoms with Crippen LogP contribution in [0.25, 0.3) is 20.8 Å². The van der Waals surface area contributed by atoms with E-state index in [0.29, 0.717) is 31.1 Å². The zero-order valence-corrected chi connectivity index (χ0v) is 12.5. The number of nitrogens with zero attached hydrogens (tertiary/aromatic N) is 2. The summed E-state index contributed by atoms with van der Waals surface area (Å²) in [6, 6.07) is 9.38. The Hall–Kier alpha value is -1.46. The molecule has 0 spiro atoms. The van der Waals surface area contributed by atoms with Gasteiger partial charge in [0.15, 0.2) is 0 Å². The number of hydrogen-bond donors (Lipinski definition) is 1. The van der Waals surface area contributed by atoms with E-state index >= 15 is 0 Å². The van der Waals surface area contributed by atoms with Crippen molar-refractivity contribution in [3.05, 3.63) is 41.8 Å². The lowest BCUT2D eigenvalue weighted by Crippen LogP contribution is -3.00. The Morgan fingerprint density at radius 3 is 2.90 bits per heavy atom. The SMILES string of the molecule is [2H]C([2H])([2H])Nc1ccc2nc3ccc(=[N+](C([2H])([2H])[2H])C([2H])([2H])[2H])cc-3sc2c1.[Br-]. The zero-order chi connectivity index (χ0) is 20.9. The maximum absolute atomic E-state index is 7.56. The summed E-state index contributed by atoms with van der Waals surface area (Å²) in [6.07, 6.45) is 0. The summed E-state index contributed by atoms with van der Waals surface area (Å²) in [5.74, 6) is 0. The number of anilines is 1. The van der Waals surface area contributed by atoms with E-state index in [9.17, 15) is 0 Å². The first kappa shape index (κ1) is 7.00. The Morgan fingerprint density at radius 1 is 1.20 bits per heavy atom. The van der Waals surface area contributed by atoms with E-state index in [-0.39, 0.29) is 22.3 Å². The van der Waals surface area contributed by atoms with Gasteiger partial charge in [0.1, 0.15) is 14.0 Å². The third-order valence-electron chi connectivity index (χ3n) is 2.77. The molecule has 0 saturated heterocycles. The molecular formula is C15H16BrN3S. The maximum atomic E-state index is 7.56. The maximum Gasteiger partial charge on any atom is 0.201 e. The van der Waals surface area contributed by atoms with Crippen LogP contribution in [0.4, 0.5) is 5.69 Å². The quantitative estimate of drug-likeness (QED) is 0.468. The molecule has 1 aromatic carbocycles. The van der Waals surface area contributed by atoms with E-state index in [0.717, 1.165) is 0 Å². The fraction of sp³-hybridized carbons (Fsp3) is 0.200. The Kier molecular flexibility index (Phi) is 2.06. The van der Waals surface area contributed by atoms with Gasteiger partial charge in [-0.1, -0.05) is 0 Å². The van der Waals surface area contributed by atoms with E-state index in [1.807, 2.05) is 0 Å². The molecule has 0 fully saturated rings. The summed E-state index contributed by atoms with van der Waals surface area (Å²) in [7, 11) is 0. The van der Waals surface area contributed by atoms with Crippen molar-refractivity contribution < 1.29 is 29.3 Å². The van der Waals surface area contributed by atoms with Gasteiger partial charge in [-0.15, -0.1) is 11.3 Å². The van der Waals surface area contributed by atoms with Crippen molar-refractivity contribution in [2.75, 3.05) is 26.2 Å². The smallest absolute Gasteiger partial charge is 0.201 e. The minimum Gasteiger partial charge on any atom is -1.00 e. The van der Waals surface area contributed by atoms with Crippen LogP contribution >= 0.6 is 11.3 Å². The summed E-state index contributed by atoms with van der Waals surface area (Å²) >= 11 is 1.26. The van der Waals surface area contributed by atoms with Crippen LogP contribution < -0.4 is 32.2 Å². The van der Waals surface area contributed by atoms with Crippen LogP contribution in [-0.2, 0) is 0 Å². The minimum absolute atomic E-state index is 0. The third kappa shape index (κ3) is 2.69. The highest BCUT2D eigenvalue weighted by molar-refractivity contribution is 7.21. The molecule has 1 aromatic rings. The molecule has 1 N–H and O–H groups in total. The predicted octanol–water partition coefficient (Wildman–Crippen LogP) is -0.521. The minimum atomic E-state index is -2.84. The summed E-state index contributed by atoms with van der Waals surface area (Å²) in [6.45, 7) is -8.02. The van der Waals surface area contributed by atoms with E-state index in [4.69, 9.17) is 12.3 Å². The second-order valence-electron chi connectivity index (χ2n) is 4.01. The summed E-state index contributed by atoms with van der Waals surface area (Å²) in [5, 5.41) is 2.44. The molecule has 5 heteroatoms.